The van der Waals surface area contributed by atoms with Crippen molar-refractivity contribution in [3.8, 4) is 28.1 Å². The van der Waals surface area contributed by atoms with Crippen LogP contribution < -0.4 is 5.32 Å². The van der Waals surface area contributed by atoms with Gasteiger partial charge in [-0.1, -0.05) is 33.6 Å². The number of hydrogen-bond donors (Lipinski definition) is 2. The number of aromatic nitrogens is 1. The van der Waals surface area contributed by atoms with Crippen LogP contribution in [0.25, 0.3) is 22.4 Å². The molecule has 0 saturated carbocycles. The number of phenols is 1. The number of nitrogens with zero attached hydrogens (tertiary/aromatic N) is 1. The van der Waals surface area contributed by atoms with Gasteiger partial charge in [-0.25, -0.2) is 9.37 Å². The van der Waals surface area contributed by atoms with Gasteiger partial charge < -0.3 is 10.4 Å². The highest BCUT2D eigenvalue weighted by Gasteiger charge is 2.15. The van der Waals surface area contributed by atoms with E-state index in [2.05, 4.69) is 26.2 Å². The van der Waals surface area contributed by atoms with Crippen molar-refractivity contribution >= 4 is 33.3 Å². The molecule has 2 aromatic carbocycles. The molecule has 1 heterocycles. The summed E-state index contributed by atoms with van der Waals surface area (Å²) in [4.78, 5) is 4.52. The fourth-order valence-corrected chi connectivity index (χ4v) is 3.20. The number of pyridine rings is 1. The largest absolute Gasteiger partial charge is 0.507 e. The van der Waals surface area contributed by atoms with Gasteiger partial charge in [0.25, 0.3) is 0 Å². The third kappa shape index (κ3) is 3.78. The average Bonchev–Trinajstić information content (AvgIpc) is 2.57. The molecule has 128 valence electrons. The van der Waals surface area contributed by atoms with Crippen LogP contribution in [-0.2, 0) is 0 Å². The minimum absolute atomic E-state index is 0.0925. The number of aromatic hydroxyl groups is 1. The van der Waals surface area contributed by atoms with Crippen molar-refractivity contribution in [2.24, 2.45) is 0 Å². The van der Waals surface area contributed by atoms with Crippen LogP contribution in [0, 0.1) is 5.82 Å². The monoisotopic (exact) mass is 420 g/mol. The van der Waals surface area contributed by atoms with Gasteiger partial charge in [0.15, 0.2) is 0 Å². The molecule has 0 amide bonds. The summed E-state index contributed by atoms with van der Waals surface area (Å²) in [6, 6.07) is 13.1. The fourth-order valence-electron chi connectivity index (χ4n) is 2.57. The first kappa shape index (κ1) is 17.7. The number of nitrogens with one attached hydrogen (secondary N) is 1. The molecule has 1 aromatic heterocycles. The smallest absolute Gasteiger partial charge is 0.132 e. The van der Waals surface area contributed by atoms with E-state index in [1.807, 2.05) is 6.92 Å². The van der Waals surface area contributed by atoms with Crippen LogP contribution in [0.4, 0.5) is 10.2 Å². The predicted molar refractivity (Wildman–Crippen MR) is 104 cm³/mol. The summed E-state index contributed by atoms with van der Waals surface area (Å²) in [5.41, 5.74) is 1.96. The summed E-state index contributed by atoms with van der Waals surface area (Å²) in [5, 5.41) is 13.6. The molecule has 0 aliphatic rings. The Labute approximate surface area is 158 Å². The van der Waals surface area contributed by atoms with Gasteiger partial charge in [-0.15, -0.1) is 0 Å². The van der Waals surface area contributed by atoms with Gasteiger partial charge in [0.1, 0.15) is 17.4 Å². The van der Waals surface area contributed by atoms with E-state index in [-0.39, 0.29) is 5.75 Å². The van der Waals surface area contributed by atoms with E-state index >= 15 is 0 Å². The van der Waals surface area contributed by atoms with E-state index in [0.717, 1.165) is 4.47 Å². The number of benzene rings is 2. The van der Waals surface area contributed by atoms with Gasteiger partial charge in [0.2, 0.25) is 0 Å². The summed E-state index contributed by atoms with van der Waals surface area (Å²) in [7, 11) is 0. The quantitative estimate of drug-likeness (QED) is 0.534. The van der Waals surface area contributed by atoms with Crippen molar-refractivity contribution < 1.29 is 9.50 Å². The van der Waals surface area contributed by atoms with E-state index in [4.69, 9.17) is 11.6 Å². The lowest BCUT2D eigenvalue weighted by Crippen LogP contribution is -2.01. The Morgan fingerprint density at radius 1 is 1.20 bits per heavy atom. The molecule has 0 aliphatic carbocycles. The summed E-state index contributed by atoms with van der Waals surface area (Å²) < 4.78 is 15.2. The molecule has 3 rings (SSSR count). The van der Waals surface area contributed by atoms with Crippen LogP contribution in [0.1, 0.15) is 6.92 Å². The summed E-state index contributed by atoms with van der Waals surface area (Å²) in [6.45, 7) is 2.60. The zero-order valence-corrected chi connectivity index (χ0v) is 15.7. The second-order valence-corrected chi connectivity index (χ2v) is 6.74. The molecule has 0 aliphatic heterocycles. The van der Waals surface area contributed by atoms with Crippen LogP contribution >= 0.6 is 27.5 Å². The Morgan fingerprint density at radius 2 is 2.00 bits per heavy atom. The predicted octanol–water partition coefficient (Wildman–Crippen LogP) is 6.11. The topological polar surface area (TPSA) is 45.1 Å². The standard InChI is InChI=1S/C19H15BrClFN2O/c1-2-23-18-9-11(19-14(21)4-3-5-15(19)22)8-16(24-18)13-10-12(20)6-7-17(13)25/h3-10,25H,2H2,1H3,(H,23,24). The number of rotatable bonds is 4. The second kappa shape index (κ2) is 7.42. The zero-order chi connectivity index (χ0) is 18.0. The molecule has 6 heteroatoms. The molecule has 0 radical (unpaired) electrons. The van der Waals surface area contributed by atoms with E-state index in [1.165, 1.54) is 6.07 Å². The summed E-state index contributed by atoms with van der Waals surface area (Å²) in [5.74, 6) is 0.259. The van der Waals surface area contributed by atoms with Crippen molar-refractivity contribution in [3.05, 3.63) is 63.8 Å². The molecular formula is C19H15BrClFN2O. The minimum atomic E-state index is -0.412. The van der Waals surface area contributed by atoms with E-state index in [9.17, 15) is 9.50 Å². The number of phenolic OH excluding ortho intramolecular Hbond substituents is 1. The molecule has 0 fully saturated rings. The maximum absolute atomic E-state index is 14.3. The van der Waals surface area contributed by atoms with Crippen molar-refractivity contribution in [2.75, 3.05) is 11.9 Å². The van der Waals surface area contributed by atoms with Gasteiger partial charge in [0, 0.05) is 22.1 Å². The van der Waals surface area contributed by atoms with Crippen molar-refractivity contribution in [2.45, 2.75) is 6.92 Å². The van der Waals surface area contributed by atoms with Crippen LogP contribution in [-0.4, -0.2) is 16.6 Å². The van der Waals surface area contributed by atoms with Gasteiger partial charge in [-0.2, -0.15) is 0 Å². The van der Waals surface area contributed by atoms with E-state index in [0.29, 0.717) is 39.8 Å². The lowest BCUT2D eigenvalue weighted by Gasteiger charge is -2.13. The maximum Gasteiger partial charge on any atom is 0.132 e. The van der Waals surface area contributed by atoms with Gasteiger partial charge in [0.05, 0.1) is 10.7 Å². The zero-order valence-electron chi connectivity index (χ0n) is 13.4. The Balaban J connectivity index is 2.24. The van der Waals surface area contributed by atoms with Gasteiger partial charge in [-0.3, -0.25) is 0 Å². The van der Waals surface area contributed by atoms with E-state index in [1.54, 1.807) is 42.5 Å². The van der Waals surface area contributed by atoms with Crippen LogP contribution in [0.3, 0.4) is 0 Å². The first-order chi connectivity index (χ1) is 12.0. The Morgan fingerprint density at radius 3 is 2.72 bits per heavy atom. The molecule has 3 nitrogen and oxygen atoms in total. The summed E-state index contributed by atoms with van der Waals surface area (Å²) in [6.07, 6.45) is 0. The molecule has 0 unspecified atom stereocenters. The lowest BCUT2D eigenvalue weighted by atomic mass is 10.0. The Hall–Kier alpha value is -2.11. The average molecular weight is 422 g/mol. The Kier molecular flexibility index (Phi) is 5.25. The molecule has 0 saturated heterocycles. The number of anilines is 1. The van der Waals surface area contributed by atoms with Gasteiger partial charge in [-0.05, 0) is 55.0 Å². The Bertz CT molecular complexity index is 913. The normalized spacial score (nSPS) is 10.7. The van der Waals surface area contributed by atoms with Crippen LogP contribution in [0.5, 0.6) is 5.75 Å². The third-order valence-electron chi connectivity index (χ3n) is 3.67. The molecule has 2 N–H and O–H groups in total. The molecular weight excluding hydrogens is 407 g/mol. The molecule has 3 aromatic rings. The van der Waals surface area contributed by atoms with Crippen LogP contribution in [0.15, 0.2) is 53.0 Å². The van der Waals surface area contributed by atoms with Crippen molar-refractivity contribution in [1.82, 2.24) is 4.98 Å². The van der Waals surface area contributed by atoms with Gasteiger partial charge >= 0.3 is 0 Å². The minimum Gasteiger partial charge on any atom is -0.507 e. The summed E-state index contributed by atoms with van der Waals surface area (Å²) >= 11 is 9.60. The SMILES string of the molecule is CCNc1cc(-c2c(F)cccc2Cl)cc(-c2cc(Br)ccc2O)n1. The molecule has 0 bridgehead atoms. The number of hydrogen-bond acceptors (Lipinski definition) is 3. The highest BCUT2D eigenvalue weighted by molar-refractivity contribution is 9.10. The first-order valence-electron chi connectivity index (χ1n) is 7.69. The maximum atomic E-state index is 14.3. The second-order valence-electron chi connectivity index (χ2n) is 5.41. The van der Waals surface area contributed by atoms with Crippen LogP contribution in [0.2, 0.25) is 5.02 Å². The van der Waals surface area contributed by atoms with E-state index < -0.39 is 5.82 Å². The lowest BCUT2D eigenvalue weighted by molar-refractivity contribution is 0.477. The fraction of sp³-hybridized carbons (Fsp3) is 0.105. The molecule has 25 heavy (non-hydrogen) atoms. The first-order valence-corrected chi connectivity index (χ1v) is 8.86. The number of halogens is 3. The highest BCUT2D eigenvalue weighted by Crippen LogP contribution is 2.37. The highest BCUT2D eigenvalue weighted by atomic mass is 79.9. The van der Waals surface area contributed by atoms with Crippen molar-refractivity contribution in [1.29, 1.82) is 0 Å². The third-order valence-corrected chi connectivity index (χ3v) is 4.48. The molecule has 0 spiro atoms. The van der Waals surface area contributed by atoms with Crippen molar-refractivity contribution in [3.63, 3.8) is 0 Å². The molecule has 0 atom stereocenters.